The summed E-state index contributed by atoms with van der Waals surface area (Å²) in [5.74, 6) is 0.145. The Morgan fingerprint density at radius 2 is 0.800 bits per heavy atom. The van der Waals surface area contributed by atoms with Crippen molar-refractivity contribution in [1.82, 2.24) is 10.6 Å². The Kier molecular flexibility index (Phi) is 13.6. The van der Waals surface area contributed by atoms with Crippen LogP contribution in [0, 0.1) is 0 Å². The number of carbonyl (C=O) groups is 2. The molecule has 0 spiro atoms. The largest absolute Gasteiger partial charge is 0.356 e. The van der Waals surface area contributed by atoms with Crippen molar-refractivity contribution in [3.05, 3.63) is 0 Å². The van der Waals surface area contributed by atoms with Crippen molar-refractivity contribution in [3.63, 3.8) is 0 Å². The Labute approximate surface area is 124 Å². The molecule has 2 amide bonds. The molecule has 20 heavy (non-hydrogen) atoms. The predicted octanol–water partition coefficient (Wildman–Crippen LogP) is 3.16. The molecule has 0 aliphatic heterocycles. The molecule has 4 nitrogen and oxygen atoms in total. The third-order valence-electron chi connectivity index (χ3n) is 3.35. The Hall–Kier alpha value is -1.06. The predicted molar refractivity (Wildman–Crippen MR) is 83.5 cm³/mol. The Balaban J connectivity index is 2.99. The molecule has 0 aromatic heterocycles. The molecule has 118 valence electrons. The molecule has 0 saturated carbocycles. The average molecular weight is 284 g/mol. The van der Waals surface area contributed by atoms with Gasteiger partial charge in [-0.05, 0) is 12.8 Å². The first-order chi connectivity index (χ1) is 9.63. The van der Waals surface area contributed by atoms with Crippen LogP contribution in [0.25, 0.3) is 0 Å². The van der Waals surface area contributed by atoms with Crippen LogP contribution < -0.4 is 10.6 Å². The molecule has 0 bridgehead atoms. The summed E-state index contributed by atoms with van der Waals surface area (Å²) in [6, 6.07) is 0. The van der Waals surface area contributed by atoms with E-state index in [9.17, 15) is 9.59 Å². The third kappa shape index (κ3) is 16.9. The van der Waals surface area contributed by atoms with E-state index in [2.05, 4.69) is 10.6 Å². The summed E-state index contributed by atoms with van der Waals surface area (Å²) < 4.78 is 0. The van der Waals surface area contributed by atoms with Crippen molar-refractivity contribution in [2.45, 2.75) is 78.1 Å². The minimum Gasteiger partial charge on any atom is -0.356 e. The number of carbonyl (C=O) groups excluding carboxylic acids is 2. The van der Waals surface area contributed by atoms with Gasteiger partial charge in [-0.25, -0.2) is 0 Å². The van der Waals surface area contributed by atoms with Crippen LogP contribution in [0.2, 0.25) is 0 Å². The Bertz CT molecular complexity index is 229. The van der Waals surface area contributed by atoms with E-state index in [0.717, 1.165) is 25.9 Å². The standard InChI is InChI=1S/C16H32N2O2/c1-15(19)17-13-11-9-7-5-3-4-6-8-10-12-14-18-16(2)20/h3-14H2,1-2H3,(H,17,19)(H,18,20). The van der Waals surface area contributed by atoms with Gasteiger partial charge in [-0.1, -0.05) is 51.4 Å². The summed E-state index contributed by atoms with van der Waals surface area (Å²) in [5.41, 5.74) is 0. The zero-order valence-electron chi connectivity index (χ0n) is 13.3. The lowest BCUT2D eigenvalue weighted by atomic mass is 10.1. The lowest BCUT2D eigenvalue weighted by molar-refractivity contribution is -0.119. The maximum absolute atomic E-state index is 10.6. The quantitative estimate of drug-likeness (QED) is 0.510. The SMILES string of the molecule is CC(=O)NCCCCCCCCCCCCNC(C)=O. The second-order valence-electron chi connectivity index (χ2n) is 5.50. The van der Waals surface area contributed by atoms with E-state index in [4.69, 9.17) is 0 Å². The van der Waals surface area contributed by atoms with Crippen molar-refractivity contribution < 1.29 is 9.59 Å². The molecule has 0 heterocycles. The Morgan fingerprint density at radius 3 is 1.05 bits per heavy atom. The van der Waals surface area contributed by atoms with Crippen LogP contribution in [-0.2, 0) is 9.59 Å². The fourth-order valence-corrected chi connectivity index (χ4v) is 2.19. The van der Waals surface area contributed by atoms with Gasteiger partial charge in [0.25, 0.3) is 0 Å². The number of rotatable bonds is 13. The smallest absolute Gasteiger partial charge is 0.216 e. The number of nitrogens with one attached hydrogen (secondary N) is 2. The van der Waals surface area contributed by atoms with Crippen molar-refractivity contribution >= 4 is 11.8 Å². The highest BCUT2D eigenvalue weighted by atomic mass is 16.1. The molecule has 0 rings (SSSR count). The molecular formula is C16H32N2O2. The highest BCUT2D eigenvalue weighted by Crippen LogP contribution is 2.10. The van der Waals surface area contributed by atoms with Crippen molar-refractivity contribution in [1.29, 1.82) is 0 Å². The molecule has 2 N–H and O–H groups in total. The second-order valence-corrected chi connectivity index (χ2v) is 5.50. The summed E-state index contributed by atoms with van der Waals surface area (Å²) in [5, 5.41) is 5.65. The summed E-state index contributed by atoms with van der Waals surface area (Å²) in [4.78, 5) is 21.3. The van der Waals surface area contributed by atoms with Gasteiger partial charge in [0.2, 0.25) is 11.8 Å². The zero-order valence-corrected chi connectivity index (χ0v) is 13.3. The van der Waals surface area contributed by atoms with E-state index in [1.807, 2.05) is 0 Å². The second kappa shape index (κ2) is 14.4. The van der Waals surface area contributed by atoms with Gasteiger partial charge in [-0.3, -0.25) is 9.59 Å². The van der Waals surface area contributed by atoms with Gasteiger partial charge in [0.1, 0.15) is 0 Å². The fourth-order valence-electron chi connectivity index (χ4n) is 2.19. The van der Waals surface area contributed by atoms with Crippen LogP contribution in [0.15, 0.2) is 0 Å². The molecule has 0 radical (unpaired) electrons. The molecular weight excluding hydrogens is 252 g/mol. The average Bonchev–Trinajstić information content (AvgIpc) is 2.38. The molecule has 0 aliphatic rings. The normalized spacial score (nSPS) is 10.3. The molecule has 0 aromatic rings. The minimum atomic E-state index is 0.0727. The molecule has 0 saturated heterocycles. The first-order valence-corrected chi connectivity index (χ1v) is 8.12. The Morgan fingerprint density at radius 1 is 0.550 bits per heavy atom. The molecule has 0 fully saturated rings. The number of hydrogen-bond donors (Lipinski definition) is 2. The lowest BCUT2D eigenvalue weighted by Crippen LogP contribution is -2.20. The summed E-state index contributed by atoms with van der Waals surface area (Å²) >= 11 is 0. The van der Waals surface area contributed by atoms with Gasteiger partial charge in [0.15, 0.2) is 0 Å². The zero-order chi connectivity index (χ0) is 15.1. The summed E-state index contributed by atoms with van der Waals surface area (Å²) in [6.45, 7) is 4.78. The number of amides is 2. The highest BCUT2D eigenvalue weighted by molar-refractivity contribution is 5.72. The third-order valence-corrected chi connectivity index (χ3v) is 3.35. The monoisotopic (exact) mass is 284 g/mol. The van der Waals surface area contributed by atoms with Crippen molar-refractivity contribution in [2.75, 3.05) is 13.1 Å². The number of unbranched alkanes of at least 4 members (excludes halogenated alkanes) is 9. The van der Waals surface area contributed by atoms with E-state index in [0.29, 0.717) is 0 Å². The maximum Gasteiger partial charge on any atom is 0.216 e. The molecule has 0 unspecified atom stereocenters. The van der Waals surface area contributed by atoms with E-state index < -0.39 is 0 Å². The van der Waals surface area contributed by atoms with Crippen LogP contribution in [0.5, 0.6) is 0 Å². The number of hydrogen-bond acceptors (Lipinski definition) is 2. The van der Waals surface area contributed by atoms with Crippen LogP contribution in [0.4, 0.5) is 0 Å². The fraction of sp³-hybridized carbons (Fsp3) is 0.875. The highest BCUT2D eigenvalue weighted by Gasteiger charge is 1.95. The molecule has 0 aliphatic carbocycles. The van der Waals surface area contributed by atoms with Gasteiger partial charge >= 0.3 is 0 Å². The van der Waals surface area contributed by atoms with E-state index in [1.54, 1.807) is 13.8 Å². The first-order valence-electron chi connectivity index (χ1n) is 8.12. The topological polar surface area (TPSA) is 58.2 Å². The van der Waals surface area contributed by atoms with Gasteiger partial charge in [0, 0.05) is 26.9 Å². The van der Waals surface area contributed by atoms with Crippen molar-refractivity contribution in [2.24, 2.45) is 0 Å². The maximum atomic E-state index is 10.6. The van der Waals surface area contributed by atoms with Gasteiger partial charge in [0.05, 0.1) is 0 Å². The summed E-state index contributed by atoms with van der Waals surface area (Å²) in [7, 11) is 0. The van der Waals surface area contributed by atoms with Crippen LogP contribution in [0.3, 0.4) is 0 Å². The van der Waals surface area contributed by atoms with Crippen LogP contribution >= 0.6 is 0 Å². The van der Waals surface area contributed by atoms with Crippen LogP contribution in [-0.4, -0.2) is 24.9 Å². The van der Waals surface area contributed by atoms with Gasteiger partial charge in [-0.2, -0.15) is 0 Å². The molecule has 0 aromatic carbocycles. The first kappa shape index (κ1) is 18.9. The van der Waals surface area contributed by atoms with Crippen LogP contribution in [0.1, 0.15) is 78.1 Å². The summed E-state index contributed by atoms with van der Waals surface area (Å²) in [6.07, 6.45) is 12.5. The van der Waals surface area contributed by atoms with E-state index >= 15 is 0 Å². The minimum absolute atomic E-state index is 0.0727. The van der Waals surface area contributed by atoms with Gasteiger partial charge < -0.3 is 10.6 Å². The van der Waals surface area contributed by atoms with Crippen molar-refractivity contribution in [3.8, 4) is 0 Å². The van der Waals surface area contributed by atoms with E-state index in [1.165, 1.54) is 51.4 Å². The molecule has 4 heteroatoms. The lowest BCUT2D eigenvalue weighted by Gasteiger charge is -2.04. The van der Waals surface area contributed by atoms with Gasteiger partial charge in [-0.15, -0.1) is 0 Å². The van der Waals surface area contributed by atoms with E-state index in [-0.39, 0.29) is 11.8 Å². The molecule has 0 atom stereocenters.